The number of hydrogen-bond donors (Lipinski definition) is 1. The number of nitrogens with one attached hydrogen (secondary N) is 1. The maximum Gasteiger partial charge on any atom is 0.252 e. The topological polar surface area (TPSA) is 67.2 Å². The monoisotopic (exact) mass is 250 g/mol. The third kappa shape index (κ3) is 2.23. The SMILES string of the molecule is CCCN1C(=O)CC(Nc2cc(C)nn2C)C1=O. The number of anilines is 1. The van der Waals surface area contributed by atoms with Crippen molar-refractivity contribution in [2.45, 2.75) is 32.7 Å². The zero-order valence-corrected chi connectivity index (χ0v) is 10.9. The molecule has 1 atom stereocenters. The summed E-state index contributed by atoms with van der Waals surface area (Å²) >= 11 is 0. The van der Waals surface area contributed by atoms with Crippen LogP contribution in [0.2, 0.25) is 0 Å². The van der Waals surface area contributed by atoms with E-state index in [1.54, 1.807) is 11.7 Å². The van der Waals surface area contributed by atoms with Crippen LogP contribution in [-0.2, 0) is 16.6 Å². The summed E-state index contributed by atoms with van der Waals surface area (Å²) in [6.45, 7) is 4.34. The Hall–Kier alpha value is -1.85. The lowest BCUT2D eigenvalue weighted by molar-refractivity contribution is -0.138. The highest BCUT2D eigenvalue weighted by molar-refractivity contribution is 6.06. The molecule has 1 N–H and O–H groups in total. The van der Waals surface area contributed by atoms with Gasteiger partial charge in [-0.1, -0.05) is 6.92 Å². The van der Waals surface area contributed by atoms with E-state index in [0.29, 0.717) is 6.54 Å². The molecule has 0 aliphatic carbocycles. The molecule has 1 aliphatic rings. The Bertz CT molecular complexity index is 480. The Morgan fingerprint density at radius 1 is 1.50 bits per heavy atom. The quantitative estimate of drug-likeness (QED) is 0.798. The Labute approximate surface area is 106 Å². The smallest absolute Gasteiger partial charge is 0.252 e. The number of carbonyl (C=O) groups excluding carboxylic acids is 2. The van der Waals surface area contributed by atoms with Crippen molar-refractivity contribution in [1.29, 1.82) is 0 Å². The minimum atomic E-state index is -0.459. The Balaban J connectivity index is 2.09. The predicted molar refractivity (Wildman–Crippen MR) is 67.0 cm³/mol. The lowest BCUT2D eigenvalue weighted by Gasteiger charge is -2.14. The van der Waals surface area contributed by atoms with Crippen LogP contribution in [0.1, 0.15) is 25.5 Å². The molecular weight excluding hydrogens is 232 g/mol. The van der Waals surface area contributed by atoms with E-state index in [2.05, 4.69) is 10.4 Å². The molecule has 2 heterocycles. The number of aryl methyl sites for hydroxylation is 2. The first-order valence-electron chi connectivity index (χ1n) is 6.14. The highest BCUT2D eigenvalue weighted by Crippen LogP contribution is 2.18. The number of likely N-dealkylation sites (tertiary alicyclic amines) is 1. The predicted octanol–water partition coefficient (Wildman–Crippen LogP) is 0.678. The molecule has 6 nitrogen and oxygen atoms in total. The number of carbonyl (C=O) groups is 2. The standard InChI is InChI=1S/C12H18N4O2/c1-4-5-16-11(17)7-9(12(16)18)13-10-6-8(2)14-15(10)3/h6,9,13H,4-5,7H2,1-3H3. The maximum atomic E-state index is 12.0. The summed E-state index contributed by atoms with van der Waals surface area (Å²) in [5.41, 5.74) is 0.877. The highest BCUT2D eigenvalue weighted by Gasteiger charge is 2.38. The average molecular weight is 250 g/mol. The van der Waals surface area contributed by atoms with Gasteiger partial charge in [-0.15, -0.1) is 0 Å². The molecule has 6 heteroatoms. The summed E-state index contributed by atoms with van der Waals surface area (Å²) in [5, 5.41) is 7.28. The third-order valence-corrected chi connectivity index (χ3v) is 3.02. The Morgan fingerprint density at radius 2 is 2.22 bits per heavy atom. The highest BCUT2D eigenvalue weighted by atomic mass is 16.2. The van der Waals surface area contributed by atoms with Crippen molar-refractivity contribution >= 4 is 17.6 Å². The lowest BCUT2D eigenvalue weighted by atomic mass is 10.2. The zero-order chi connectivity index (χ0) is 13.3. The van der Waals surface area contributed by atoms with E-state index in [4.69, 9.17) is 0 Å². The van der Waals surface area contributed by atoms with Gasteiger partial charge in [-0.3, -0.25) is 19.2 Å². The zero-order valence-electron chi connectivity index (χ0n) is 10.9. The molecule has 0 spiro atoms. The lowest BCUT2D eigenvalue weighted by Crippen LogP contribution is -2.35. The maximum absolute atomic E-state index is 12.0. The molecule has 0 saturated carbocycles. The molecule has 0 bridgehead atoms. The fraction of sp³-hybridized carbons (Fsp3) is 0.583. The average Bonchev–Trinajstić information content (AvgIpc) is 2.74. The molecule has 98 valence electrons. The molecule has 1 aliphatic heterocycles. The summed E-state index contributed by atoms with van der Waals surface area (Å²) < 4.78 is 1.68. The van der Waals surface area contributed by atoms with Crippen LogP contribution in [0.4, 0.5) is 5.82 Å². The van der Waals surface area contributed by atoms with Gasteiger partial charge in [0.1, 0.15) is 11.9 Å². The van der Waals surface area contributed by atoms with Gasteiger partial charge in [0.05, 0.1) is 12.1 Å². The molecule has 1 fully saturated rings. The van der Waals surface area contributed by atoms with Crippen molar-refractivity contribution in [3.8, 4) is 0 Å². The second-order valence-corrected chi connectivity index (χ2v) is 4.58. The normalized spacial score (nSPS) is 19.7. The van der Waals surface area contributed by atoms with E-state index >= 15 is 0 Å². The number of amides is 2. The van der Waals surface area contributed by atoms with Gasteiger partial charge >= 0.3 is 0 Å². The largest absolute Gasteiger partial charge is 0.358 e. The molecule has 2 rings (SSSR count). The Kier molecular flexibility index (Phi) is 3.36. The van der Waals surface area contributed by atoms with E-state index in [0.717, 1.165) is 17.9 Å². The second kappa shape index (κ2) is 4.80. The molecule has 1 unspecified atom stereocenters. The summed E-state index contributed by atoms with van der Waals surface area (Å²) in [7, 11) is 1.81. The minimum Gasteiger partial charge on any atom is -0.358 e. The van der Waals surface area contributed by atoms with Crippen LogP contribution >= 0.6 is 0 Å². The van der Waals surface area contributed by atoms with Crippen LogP contribution in [0.25, 0.3) is 0 Å². The van der Waals surface area contributed by atoms with Crippen molar-refractivity contribution in [3.05, 3.63) is 11.8 Å². The summed E-state index contributed by atoms with van der Waals surface area (Å²) in [4.78, 5) is 25.1. The number of aromatic nitrogens is 2. The van der Waals surface area contributed by atoms with Crippen LogP contribution in [0.15, 0.2) is 6.07 Å². The first-order chi connectivity index (χ1) is 8.52. The molecule has 1 saturated heterocycles. The number of imide groups is 1. The van der Waals surface area contributed by atoms with E-state index in [9.17, 15) is 9.59 Å². The van der Waals surface area contributed by atoms with E-state index in [1.165, 1.54) is 4.90 Å². The second-order valence-electron chi connectivity index (χ2n) is 4.58. The number of rotatable bonds is 4. The summed E-state index contributed by atoms with van der Waals surface area (Å²) in [6, 6.07) is 1.40. The minimum absolute atomic E-state index is 0.0989. The van der Waals surface area contributed by atoms with Crippen molar-refractivity contribution in [2.24, 2.45) is 7.05 Å². The van der Waals surface area contributed by atoms with Crippen LogP contribution in [-0.4, -0.2) is 39.1 Å². The van der Waals surface area contributed by atoms with Crippen LogP contribution in [0.3, 0.4) is 0 Å². The van der Waals surface area contributed by atoms with Gasteiger partial charge in [-0.2, -0.15) is 5.10 Å². The summed E-state index contributed by atoms with van der Waals surface area (Å²) in [6.07, 6.45) is 1.01. The summed E-state index contributed by atoms with van der Waals surface area (Å²) in [5.74, 6) is 0.524. The fourth-order valence-corrected chi connectivity index (χ4v) is 2.18. The van der Waals surface area contributed by atoms with Gasteiger partial charge in [-0.05, 0) is 13.3 Å². The van der Waals surface area contributed by atoms with Crippen molar-refractivity contribution < 1.29 is 9.59 Å². The molecule has 2 amide bonds. The molecular formula is C12H18N4O2. The van der Waals surface area contributed by atoms with Crippen LogP contribution in [0, 0.1) is 6.92 Å². The third-order valence-electron chi connectivity index (χ3n) is 3.02. The van der Waals surface area contributed by atoms with Crippen molar-refractivity contribution in [3.63, 3.8) is 0 Å². The first-order valence-corrected chi connectivity index (χ1v) is 6.14. The fourth-order valence-electron chi connectivity index (χ4n) is 2.18. The molecule has 18 heavy (non-hydrogen) atoms. The van der Waals surface area contributed by atoms with Gasteiger partial charge in [0.15, 0.2) is 0 Å². The first kappa shape index (κ1) is 12.6. The van der Waals surface area contributed by atoms with Crippen molar-refractivity contribution in [2.75, 3.05) is 11.9 Å². The van der Waals surface area contributed by atoms with Gasteiger partial charge < -0.3 is 5.32 Å². The van der Waals surface area contributed by atoms with E-state index < -0.39 is 6.04 Å². The number of nitrogens with zero attached hydrogens (tertiary/aromatic N) is 3. The Morgan fingerprint density at radius 3 is 2.78 bits per heavy atom. The molecule has 0 radical (unpaired) electrons. The van der Waals surface area contributed by atoms with Crippen LogP contribution in [0.5, 0.6) is 0 Å². The van der Waals surface area contributed by atoms with E-state index in [-0.39, 0.29) is 18.2 Å². The van der Waals surface area contributed by atoms with Gasteiger partial charge in [0.2, 0.25) is 5.91 Å². The molecule has 1 aromatic heterocycles. The molecule has 1 aromatic rings. The van der Waals surface area contributed by atoms with Gasteiger partial charge in [-0.25, -0.2) is 0 Å². The van der Waals surface area contributed by atoms with E-state index in [1.807, 2.05) is 19.9 Å². The van der Waals surface area contributed by atoms with Gasteiger partial charge in [0.25, 0.3) is 5.91 Å². The molecule has 0 aromatic carbocycles. The van der Waals surface area contributed by atoms with Gasteiger partial charge in [0, 0.05) is 19.7 Å². The van der Waals surface area contributed by atoms with Crippen molar-refractivity contribution in [1.82, 2.24) is 14.7 Å². The number of hydrogen-bond acceptors (Lipinski definition) is 4. The van der Waals surface area contributed by atoms with Crippen LogP contribution < -0.4 is 5.32 Å².